The van der Waals surface area contributed by atoms with Gasteiger partial charge in [-0.05, 0) is 31.0 Å². The number of guanidine groups is 1. The quantitative estimate of drug-likeness (QED) is 0.197. The van der Waals surface area contributed by atoms with Gasteiger partial charge in [-0.1, -0.05) is 30.3 Å². The number of aromatic amines is 1. The van der Waals surface area contributed by atoms with Crippen LogP contribution in [0.25, 0.3) is 10.9 Å². The molecule has 1 aliphatic rings. The van der Waals surface area contributed by atoms with Gasteiger partial charge in [0.1, 0.15) is 6.04 Å². The number of fused-ring (bicyclic) bond motifs is 1. The highest BCUT2D eigenvalue weighted by Gasteiger charge is 2.26. The zero-order chi connectivity index (χ0) is 25.5. The predicted molar refractivity (Wildman–Crippen MR) is 133 cm³/mol. The summed E-state index contributed by atoms with van der Waals surface area (Å²) in [5.41, 5.74) is 1.61. The van der Waals surface area contributed by atoms with E-state index in [2.05, 4.69) is 35.9 Å². The van der Waals surface area contributed by atoms with Crippen molar-refractivity contribution in [2.24, 2.45) is 4.99 Å². The van der Waals surface area contributed by atoms with E-state index in [-0.39, 0.29) is 10.5 Å². The maximum atomic E-state index is 12.9. The third-order valence-corrected chi connectivity index (χ3v) is 7.08. The van der Waals surface area contributed by atoms with E-state index in [1.807, 2.05) is 6.07 Å². The van der Waals surface area contributed by atoms with E-state index in [1.54, 1.807) is 18.2 Å². The van der Waals surface area contributed by atoms with Gasteiger partial charge in [0.25, 0.3) is 5.91 Å². The Kier molecular flexibility index (Phi) is 7.80. The molecule has 0 radical (unpaired) electrons. The van der Waals surface area contributed by atoms with Crippen LogP contribution in [-0.2, 0) is 21.2 Å². The number of nitrogens with one attached hydrogen (secondary N) is 5. The van der Waals surface area contributed by atoms with E-state index in [0.29, 0.717) is 11.9 Å². The highest BCUT2D eigenvalue weighted by molar-refractivity contribution is 7.89. The smallest absolute Gasteiger partial charge is 0.323 e. The molecule has 4 rings (SSSR count). The summed E-state index contributed by atoms with van der Waals surface area (Å²) in [5.74, 6) is -1.16. The minimum atomic E-state index is -4.08. The Morgan fingerprint density at radius 2 is 1.92 bits per heavy atom. The second-order valence-electron chi connectivity index (χ2n) is 8.12. The Labute approximate surface area is 207 Å². The van der Waals surface area contributed by atoms with Crippen LogP contribution in [0.5, 0.6) is 0 Å². The second kappa shape index (κ2) is 11.2. The number of sulfonamides is 1. The number of aliphatic imine (C=N–C) groups is 1. The van der Waals surface area contributed by atoms with Crippen LogP contribution in [0.3, 0.4) is 0 Å². The van der Waals surface area contributed by atoms with Crippen LogP contribution in [0, 0.1) is 0 Å². The number of aromatic nitrogens is 2. The molecule has 3 aromatic rings. The number of benzene rings is 2. The number of hydrogen-bond donors (Lipinski definition) is 6. The van der Waals surface area contributed by atoms with Gasteiger partial charge in [0, 0.05) is 25.0 Å². The second-order valence-corrected chi connectivity index (χ2v) is 9.84. The first-order valence-corrected chi connectivity index (χ1v) is 12.9. The van der Waals surface area contributed by atoms with Crippen molar-refractivity contribution in [3.05, 3.63) is 59.8 Å². The van der Waals surface area contributed by atoms with Gasteiger partial charge >= 0.3 is 5.97 Å². The highest BCUT2D eigenvalue weighted by atomic mass is 32.2. The molecule has 13 heteroatoms. The molecule has 1 aromatic heterocycles. The predicted octanol–water partition coefficient (Wildman–Crippen LogP) is 0.206. The summed E-state index contributed by atoms with van der Waals surface area (Å²) in [5, 5.41) is 26.4. The van der Waals surface area contributed by atoms with Crippen LogP contribution >= 0.6 is 0 Å². The van der Waals surface area contributed by atoms with Gasteiger partial charge in [0.05, 0.1) is 28.2 Å². The topological polar surface area (TPSA) is 178 Å². The van der Waals surface area contributed by atoms with Crippen molar-refractivity contribution >= 4 is 38.8 Å². The lowest BCUT2D eigenvalue weighted by Gasteiger charge is -2.16. The van der Waals surface area contributed by atoms with E-state index in [9.17, 15) is 23.1 Å². The molecule has 1 atom stereocenters. The number of carbonyl (C=O) groups excluding carboxylic acids is 1. The van der Waals surface area contributed by atoms with E-state index >= 15 is 0 Å². The fraction of sp³-hybridized carbons (Fsp3) is 0.304. The Morgan fingerprint density at radius 1 is 1.11 bits per heavy atom. The first kappa shape index (κ1) is 25.1. The molecular weight excluding hydrogens is 486 g/mol. The van der Waals surface area contributed by atoms with Crippen LogP contribution in [0.4, 0.5) is 0 Å². The third kappa shape index (κ3) is 5.98. The van der Waals surface area contributed by atoms with Crippen molar-refractivity contribution in [1.29, 1.82) is 0 Å². The lowest BCUT2D eigenvalue weighted by Crippen LogP contribution is -2.48. The molecule has 0 bridgehead atoms. The monoisotopic (exact) mass is 513 g/mol. The van der Waals surface area contributed by atoms with Gasteiger partial charge in [-0.25, -0.2) is 8.42 Å². The van der Waals surface area contributed by atoms with Gasteiger partial charge in [-0.2, -0.15) is 9.82 Å². The van der Waals surface area contributed by atoms with E-state index in [1.165, 1.54) is 24.3 Å². The molecule has 0 aliphatic carbocycles. The lowest BCUT2D eigenvalue weighted by atomic mass is 10.1. The van der Waals surface area contributed by atoms with Gasteiger partial charge in [-0.3, -0.25) is 19.7 Å². The molecule has 0 saturated heterocycles. The summed E-state index contributed by atoms with van der Waals surface area (Å²) in [6.07, 6.45) is 1.48. The molecule has 0 spiro atoms. The van der Waals surface area contributed by atoms with Gasteiger partial charge < -0.3 is 21.1 Å². The summed E-state index contributed by atoms with van der Waals surface area (Å²) in [7, 11) is -4.08. The van der Waals surface area contributed by atoms with E-state index in [4.69, 9.17) is 0 Å². The van der Waals surface area contributed by atoms with Crippen molar-refractivity contribution in [2.75, 3.05) is 26.2 Å². The number of carboxylic acids is 1. The van der Waals surface area contributed by atoms with Crippen LogP contribution in [0.2, 0.25) is 0 Å². The summed E-state index contributed by atoms with van der Waals surface area (Å²) in [4.78, 5) is 28.8. The molecule has 2 aromatic carbocycles. The third-order valence-electron chi connectivity index (χ3n) is 5.60. The first-order valence-electron chi connectivity index (χ1n) is 11.4. The maximum absolute atomic E-state index is 12.9. The number of hydrogen-bond acceptors (Lipinski definition) is 8. The Bertz CT molecular complexity index is 1370. The van der Waals surface area contributed by atoms with Crippen molar-refractivity contribution in [2.45, 2.75) is 23.8 Å². The number of aliphatic carboxylic acids is 1. The zero-order valence-corrected chi connectivity index (χ0v) is 20.1. The van der Waals surface area contributed by atoms with Gasteiger partial charge in [-0.15, -0.1) is 0 Å². The maximum Gasteiger partial charge on any atom is 0.323 e. The largest absolute Gasteiger partial charge is 0.480 e. The number of nitrogens with zero attached hydrogens (tertiary/aromatic N) is 2. The lowest BCUT2D eigenvalue weighted by molar-refractivity contribution is -0.138. The molecule has 2 heterocycles. The normalized spacial score (nSPS) is 14.2. The standard InChI is InChI=1S/C23H27N7O5S/c31-21(27-14-19(22(32)33)30-36(34,35)15-6-2-1-3-7-15)17-9-4-8-16-18(28-29-20(16)17)10-5-11-24-23-25-12-13-26-23/h1-4,6-9,19,30H,5,10-14H2,(H,27,31)(H,28,29)(H,32,33)(H2,24,25,26). The number of aryl methyl sites for hydroxylation is 1. The van der Waals surface area contributed by atoms with Crippen LogP contribution in [-0.4, -0.2) is 73.8 Å². The number of carboxylic acid groups (broad SMARTS) is 1. The number of para-hydroxylation sites is 1. The van der Waals surface area contributed by atoms with Gasteiger partial charge in [0.2, 0.25) is 10.0 Å². The van der Waals surface area contributed by atoms with Crippen LogP contribution in [0.1, 0.15) is 22.5 Å². The minimum Gasteiger partial charge on any atom is -0.480 e. The molecule has 1 unspecified atom stereocenters. The van der Waals surface area contributed by atoms with E-state index < -0.39 is 34.5 Å². The van der Waals surface area contributed by atoms with Crippen molar-refractivity contribution in [3.63, 3.8) is 0 Å². The molecule has 1 aliphatic heterocycles. The van der Waals surface area contributed by atoms with Crippen LogP contribution < -0.4 is 20.7 Å². The van der Waals surface area contributed by atoms with Gasteiger partial charge in [0.15, 0.2) is 5.96 Å². The number of H-pyrrole nitrogens is 1. The average molecular weight is 514 g/mol. The summed E-state index contributed by atoms with van der Waals surface area (Å²) >= 11 is 0. The Balaban J connectivity index is 1.38. The van der Waals surface area contributed by atoms with Crippen molar-refractivity contribution in [3.8, 4) is 0 Å². The number of rotatable bonds is 11. The number of carbonyl (C=O) groups is 2. The Hall–Kier alpha value is -3.97. The molecule has 0 saturated carbocycles. The molecule has 1 amide bonds. The summed E-state index contributed by atoms with van der Waals surface area (Å²) in [6, 6.07) is 11.0. The fourth-order valence-electron chi connectivity index (χ4n) is 3.78. The average Bonchev–Trinajstić information content (AvgIpc) is 3.54. The SMILES string of the molecule is O=C(NCC(NS(=O)(=O)c1ccccc1)C(=O)O)c1cccc2c(CCCNC3=NCCN3)n[nH]c12. The summed E-state index contributed by atoms with van der Waals surface area (Å²) < 4.78 is 27.1. The molecular formula is C23H27N7O5S. The number of amides is 1. The van der Waals surface area contributed by atoms with Crippen molar-refractivity contribution < 1.29 is 23.1 Å². The van der Waals surface area contributed by atoms with Crippen LogP contribution in [0.15, 0.2) is 58.4 Å². The first-order chi connectivity index (χ1) is 17.3. The Morgan fingerprint density at radius 3 is 2.64 bits per heavy atom. The molecule has 6 N–H and O–H groups in total. The molecule has 190 valence electrons. The van der Waals surface area contributed by atoms with E-state index in [0.717, 1.165) is 43.1 Å². The van der Waals surface area contributed by atoms with Crippen molar-refractivity contribution in [1.82, 2.24) is 30.9 Å². The zero-order valence-electron chi connectivity index (χ0n) is 19.3. The molecule has 36 heavy (non-hydrogen) atoms. The highest BCUT2D eigenvalue weighted by Crippen LogP contribution is 2.21. The summed E-state index contributed by atoms with van der Waals surface area (Å²) in [6.45, 7) is 1.88. The molecule has 12 nitrogen and oxygen atoms in total. The fourth-order valence-corrected chi connectivity index (χ4v) is 4.99. The molecule has 0 fully saturated rings. The minimum absolute atomic E-state index is 0.0694.